The number of carbonyl (C=O) groups excluding carboxylic acids is 2. The standard InChI is InChI=1S/C15H21N3O2/c1-8-9(2)18(10(3)19)13-6-5-11(15(20)17-4)7-12(13)14(8)16/h5-9,14H,16H2,1-4H3,(H,17,20). The van der Waals surface area contributed by atoms with E-state index in [1.807, 2.05) is 19.9 Å². The molecule has 1 aromatic carbocycles. The van der Waals surface area contributed by atoms with Crippen molar-refractivity contribution in [3.8, 4) is 0 Å². The lowest BCUT2D eigenvalue weighted by Crippen LogP contribution is -2.48. The molecule has 1 aliphatic heterocycles. The largest absolute Gasteiger partial charge is 0.355 e. The number of hydrogen-bond acceptors (Lipinski definition) is 3. The summed E-state index contributed by atoms with van der Waals surface area (Å²) in [7, 11) is 1.59. The van der Waals surface area contributed by atoms with Crippen LogP contribution in [0.4, 0.5) is 5.69 Å². The predicted octanol–water partition coefficient (Wildman–Crippen LogP) is 1.44. The van der Waals surface area contributed by atoms with E-state index in [0.717, 1.165) is 11.3 Å². The number of nitrogens with one attached hydrogen (secondary N) is 1. The Hall–Kier alpha value is -1.88. The van der Waals surface area contributed by atoms with Crippen molar-refractivity contribution in [2.45, 2.75) is 32.9 Å². The number of nitrogens with two attached hydrogens (primary N) is 1. The molecule has 5 nitrogen and oxygen atoms in total. The molecule has 108 valence electrons. The number of benzene rings is 1. The highest BCUT2D eigenvalue weighted by atomic mass is 16.2. The van der Waals surface area contributed by atoms with Crippen LogP contribution in [0, 0.1) is 5.92 Å². The minimum atomic E-state index is -0.180. The Kier molecular flexibility index (Phi) is 3.81. The molecule has 2 rings (SSSR count). The molecule has 0 radical (unpaired) electrons. The third kappa shape index (κ3) is 2.18. The lowest BCUT2D eigenvalue weighted by atomic mass is 9.83. The van der Waals surface area contributed by atoms with Gasteiger partial charge in [-0.15, -0.1) is 0 Å². The first kappa shape index (κ1) is 14.5. The molecule has 3 atom stereocenters. The monoisotopic (exact) mass is 275 g/mol. The molecule has 20 heavy (non-hydrogen) atoms. The Bertz CT molecular complexity index is 556. The van der Waals surface area contributed by atoms with Gasteiger partial charge in [0.05, 0.1) is 0 Å². The number of fused-ring (bicyclic) bond motifs is 1. The van der Waals surface area contributed by atoms with Crippen molar-refractivity contribution in [2.75, 3.05) is 11.9 Å². The van der Waals surface area contributed by atoms with Gasteiger partial charge >= 0.3 is 0 Å². The van der Waals surface area contributed by atoms with Gasteiger partial charge < -0.3 is 16.0 Å². The highest BCUT2D eigenvalue weighted by molar-refractivity contribution is 5.97. The smallest absolute Gasteiger partial charge is 0.251 e. The number of rotatable bonds is 1. The van der Waals surface area contributed by atoms with E-state index >= 15 is 0 Å². The average Bonchev–Trinajstić information content (AvgIpc) is 2.43. The van der Waals surface area contributed by atoms with E-state index in [4.69, 9.17) is 5.73 Å². The highest BCUT2D eigenvalue weighted by Crippen LogP contribution is 2.39. The fourth-order valence-corrected chi connectivity index (χ4v) is 2.82. The normalized spacial score (nSPS) is 25.1. The fourth-order valence-electron chi connectivity index (χ4n) is 2.82. The van der Waals surface area contributed by atoms with Crippen LogP contribution in [0.25, 0.3) is 0 Å². The maximum Gasteiger partial charge on any atom is 0.251 e. The van der Waals surface area contributed by atoms with E-state index in [-0.39, 0.29) is 29.8 Å². The van der Waals surface area contributed by atoms with E-state index < -0.39 is 0 Å². The van der Waals surface area contributed by atoms with Crippen LogP contribution in [-0.4, -0.2) is 24.9 Å². The number of amides is 2. The Labute approximate surface area is 119 Å². The molecule has 2 amide bonds. The zero-order chi connectivity index (χ0) is 15.0. The maximum atomic E-state index is 11.9. The molecule has 0 aromatic heterocycles. The van der Waals surface area contributed by atoms with Crippen molar-refractivity contribution < 1.29 is 9.59 Å². The quantitative estimate of drug-likeness (QED) is 0.814. The van der Waals surface area contributed by atoms with Gasteiger partial charge in [-0.05, 0) is 36.6 Å². The average molecular weight is 275 g/mol. The predicted molar refractivity (Wildman–Crippen MR) is 78.5 cm³/mol. The van der Waals surface area contributed by atoms with Gasteiger partial charge in [-0.2, -0.15) is 0 Å². The van der Waals surface area contributed by atoms with Crippen LogP contribution in [0.3, 0.4) is 0 Å². The van der Waals surface area contributed by atoms with E-state index in [1.165, 1.54) is 0 Å². The molecule has 1 aromatic rings. The van der Waals surface area contributed by atoms with E-state index in [0.29, 0.717) is 5.56 Å². The Morgan fingerprint density at radius 3 is 2.50 bits per heavy atom. The van der Waals surface area contributed by atoms with Gasteiger partial charge in [-0.1, -0.05) is 6.92 Å². The molecular weight excluding hydrogens is 254 g/mol. The van der Waals surface area contributed by atoms with Crippen molar-refractivity contribution in [1.29, 1.82) is 0 Å². The topological polar surface area (TPSA) is 75.4 Å². The van der Waals surface area contributed by atoms with Gasteiger partial charge in [0.2, 0.25) is 5.91 Å². The van der Waals surface area contributed by atoms with Gasteiger partial charge in [0, 0.05) is 37.3 Å². The van der Waals surface area contributed by atoms with Crippen LogP contribution in [0.1, 0.15) is 42.7 Å². The van der Waals surface area contributed by atoms with Crippen LogP contribution in [0.5, 0.6) is 0 Å². The van der Waals surface area contributed by atoms with E-state index in [1.54, 1.807) is 31.0 Å². The number of anilines is 1. The van der Waals surface area contributed by atoms with Gasteiger partial charge in [0.25, 0.3) is 5.91 Å². The molecular formula is C15H21N3O2. The summed E-state index contributed by atoms with van der Waals surface area (Å²) in [5.74, 6) is -0.0304. The summed E-state index contributed by atoms with van der Waals surface area (Å²) in [6, 6.07) is 5.19. The molecule has 1 heterocycles. The third-order valence-corrected chi connectivity index (χ3v) is 4.21. The van der Waals surface area contributed by atoms with Gasteiger partial charge in [-0.3, -0.25) is 9.59 Å². The minimum absolute atomic E-state index is 0.00908. The summed E-state index contributed by atoms with van der Waals surface area (Å²) in [6.07, 6.45) is 0. The highest BCUT2D eigenvalue weighted by Gasteiger charge is 2.36. The molecule has 0 fully saturated rings. The number of carbonyl (C=O) groups is 2. The number of nitrogens with zero attached hydrogens (tertiary/aromatic N) is 1. The van der Waals surface area contributed by atoms with Crippen LogP contribution < -0.4 is 16.0 Å². The van der Waals surface area contributed by atoms with Crippen molar-refractivity contribution in [3.63, 3.8) is 0 Å². The summed E-state index contributed by atoms with van der Waals surface area (Å²) in [5.41, 5.74) is 8.51. The molecule has 0 saturated heterocycles. The van der Waals surface area contributed by atoms with Crippen LogP contribution in [0.2, 0.25) is 0 Å². The molecule has 0 saturated carbocycles. The summed E-state index contributed by atoms with van der Waals surface area (Å²) in [6.45, 7) is 5.58. The molecule has 3 N–H and O–H groups in total. The summed E-state index contributed by atoms with van der Waals surface area (Å²) in [4.78, 5) is 25.4. The first-order chi connectivity index (χ1) is 9.38. The summed E-state index contributed by atoms with van der Waals surface area (Å²) >= 11 is 0. The van der Waals surface area contributed by atoms with Crippen LogP contribution >= 0.6 is 0 Å². The molecule has 0 bridgehead atoms. The Morgan fingerprint density at radius 2 is 1.95 bits per heavy atom. The third-order valence-electron chi connectivity index (χ3n) is 4.21. The van der Waals surface area contributed by atoms with Crippen LogP contribution in [-0.2, 0) is 4.79 Å². The fraction of sp³-hybridized carbons (Fsp3) is 0.467. The first-order valence-corrected chi connectivity index (χ1v) is 6.80. The number of hydrogen-bond donors (Lipinski definition) is 2. The zero-order valence-corrected chi connectivity index (χ0v) is 12.3. The second-order valence-electron chi connectivity index (χ2n) is 5.37. The Balaban J connectivity index is 2.57. The van der Waals surface area contributed by atoms with Gasteiger partial charge in [-0.25, -0.2) is 0 Å². The molecule has 1 aliphatic rings. The molecule has 0 aliphatic carbocycles. The first-order valence-electron chi connectivity index (χ1n) is 6.80. The van der Waals surface area contributed by atoms with E-state index in [9.17, 15) is 9.59 Å². The van der Waals surface area contributed by atoms with Crippen molar-refractivity contribution in [2.24, 2.45) is 11.7 Å². The minimum Gasteiger partial charge on any atom is -0.355 e. The van der Waals surface area contributed by atoms with Crippen molar-refractivity contribution in [1.82, 2.24) is 5.32 Å². The van der Waals surface area contributed by atoms with Gasteiger partial charge in [0.1, 0.15) is 0 Å². The molecule has 3 unspecified atom stereocenters. The van der Waals surface area contributed by atoms with Crippen LogP contribution in [0.15, 0.2) is 18.2 Å². The van der Waals surface area contributed by atoms with Gasteiger partial charge in [0.15, 0.2) is 0 Å². The van der Waals surface area contributed by atoms with E-state index in [2.05, 4.69) is 5.32 Å². The Morgan fingerprint density at radius 1 is 1.30 bits per heavy atom. The van der Waals surface area contributed by atoms with Crippen molar-refractivity contribution >= 4 is 17.5 Å². The lowest BCUT2D eigenvalue weighted by molar-refractivity contribution is -0.117. The summed E-state index contributed by atoms with van der Waals surface area (Å²) < 4.78 is 0. The summed E-state index contributed by atoms with van der Waals surface area (Å²) in [5, 5.41) is 2.60. The maximum absolute atomic E-state index is 11.9. The lowest BCUT2D eigenvalue weighted by Gasteiger charge is -2.42. The second kappa shape index (κ2) is 5.25. The molecule has 0 spiro atoms. The SMILES string of the molecule is CNC(=O)c1ccc2c(c1)C(N)C(C)C(C)N2C(C)=O. The van der Waals surface area contributed by atoms with Crippen molar-refractivity contribution in [3.05, 3.63) is 29.3 Å². The zero-order valence-electron chi connectivity index (χ0n) is 12.3. The second-order valence-corrected chi connectivity index (χ2v) is 5.37. The molecule has 5 heteroatoms.